The number of ether oxygens (including phenoxy) is 3. The lowest BCUT2D eigenvalue weighted by molar-refractivity contribution is -0.151. The molecule has 0 aliphatic heterocycles. The molecule has 0 spiro atoms. The van der Waals surface area contributed by atoms with E-state index in [4.69, 9.17) is 14.2 Å². The minimum atomic E-state index is -0.979. The van der Waals surface area contributed by atoms with Crippen LogP contribution in [0.1, 0.15) is 19.4 Å². The van der Waals surface area contributed by atoms with Crippen LogP contribution >= 0.6 is 15.9 Å². The highest BCUT2D eigenvalue weighted by Gasteiger charge is 2.40. The number of methoxy groups -OCH3 is 1. The SMILES string of the molecule is CCOC(=O)C(C)(Br)[C@H](/C=C/c1ccccc1)OCOC. The lowest BCUT2D eigenvalue weighted by Gasteiger charge is -2.28. The highest BCUT2D eigenvalue weighted by atomic mass is 79.9. The zero-order valence-electron chi connectivity index (χ0n) is 12.5. The summed E-state index contributed by atoms with van der Waals surface area (Å²) in [6, 6.07) is 9.79. The van der Waals surface area contributed by atoms with E-state index in [2.05, 4.69) is 15.9 Å². The van der Waals surface area contributed by atoms with Gasteiger partial charge in [0, 0.05) is 7.11 Å². The van der Waals surface area contributed by atoms with Crippen molar-refractivity contribution < 1.29 is 19.0 Å². The first kappa shape index (κ1) is 17.9. The predicted molar refractivity (Wildman–Crippen MR) is 86.2 cm³/mol. The van der Waals surface area contributed by atoms with Crippen LogP contribution in [-0.2, 0) is 19.0 Å². The Bertz CT molecular complexity index is 457. The molecule has 1 aromatic carbocycles. The molecule has 0 radical (unpaired) electrons. The van der Waals surface area contributed by atoms with Crippen LogP contribution in [0, 0.1) is 0 Å². The van der Waals surface area contributed by atoms with Crippen molar-refractivity contribution in [3.63, 3.8) is 0 Å². The van der Waals surface area contributed by atoms with E-state index in [1.165, 1.54) is 7.11 Å². The molecule has 4 nitrogen and oxygen atoms in total. The fourth-order valence-electron chi connectivity index (χ4n) is 1.69. The van der Waals surface area contributed by atoms with Gasteiger partial charge in [-0.2, -0.15) is 0 Å². The fraction of sp³-hybridized carbons (Fsp3) is 0.438. The molecule has 0 aromatic heterocycles. The maximum Gasteiger partial charge on any atom is 0.325 e. The standard InChI is InChI=1S/C16H21BrO4/c1-4-20-15(18)16(2,17)14(21-12-19-3)11-10-13-8-6-5-7-9-13/h5-11,14H,4,12H2,1-3H3/b11-10+/t14-,16?/m0/s1. The van der Waals surface area contributed by atoms with Crippen LogP contribution in [0.15, 0.2) is 36.4 Å². The second kappa shape index (κ2) is 8.97. The van der Waals surface area contributed by atoms with Gasteiger partial charge in [-0.25, -0.2) is 0 Å². The molecule has 0 saturated heterocycles. The number of halogens is 1. The van der Waals surface area contributed by atoms with E-state index in [1.54, 1.807) is 13.8 Å². The highest BCUT2D eigenvalue weighted by molar-refractivity contribution is 9.10. The zero-order chi connectivity index (χ0) is 15.7. The van der Waals surface area contributed by atoms with Crippen LogP contribution in [-0.4, -0.2) is 36.9 Å². The second-order valence-electron chi connectivity index (χ2n) is 4.56. The minimum Gasteiger partial charge on any atom is -0.465 e. The van der Waals surface area contributed by atoms with Crippen LogP contribution in [0.3, 0.4) is 0 Å². The Balaban J connectivity index is 2.89. The summed E-state index contributed by atoms with van der Waals surface area (Å²) in [7, 11) is 1.54. The molecule has 0 heterocycles. The topological polar surface area (TPSA) is 44.8 Å². The molecule has 0 saturated carbocycles. The van der Waals surface area contributed by atoms with Gasteiger partial charge in [0.25, 0.3) is 0 Å². The summed E-state index contributed by atoms with van der Waals surface area (Å²) in [5, 5.41) is 0. The summed E-state index contributed by atoms with van der Waals surface area (Å²) in [6.07, 6.45) is 3.20. The quantitative estimate of drug-likeness (QED) is 0.406. The summed E-state index contributed by atoms with van der Waals surface area (Å²) >= 11 is 3.41. The lowest BCUT2D eigenvalue weighted by Crippen LogP contribution is -2.43. The average Bonchev–Trinajstić information content (AvgIpc) is 2.48. The van der Waals surface area contributed by atoms with Crippen molar-refractivity contribution in [3.05, 3.63) is 42.0 Å². The molecule has 0 fully saturated rings. The van der Waals surface area contributed by atoms with E-state index in [1.807, 2.05) is 42.5 Å². The molecule has 21 heavy (non-hydrogen) atoms. The van der Waals surface area contributed by atoms with Gasteiger partial charge < -0.3 is 14.2 Å². The van der Waals surface area contributed by atoms with Crippen molar-refractivity contribution in [1.29, 1.82) is 0 Å². The molecule has 1 aromatic rings. The van der Waals surface area contributed by atoms with Crippen LogP contribution in [0.4, 0.5) is 0 Å². The Hall–Kier alpha value is -1.17. The molecular formula is C16H21BrO4. The third kappa shape index (κ3) is 5.61. The monoisotopic (exact) mass is 356 g/mol. The van der Waals surface area contributed by atoms with Gasteiger partial charge in [-0.1, -0.05) is 58.4 Å². The Morgan fingerprint density at radius 3 is 2.62 bits per heavy atom. The van der Waals surface area contributed by atoms with Crippen LogP contribution < -0.4 is 0 Å². The Morgan fingerprint density at radius 2 is 2.05 bits per heavy atom. The third-order valence-corrected chi connectivity index (χ3v) is 3.61. The van der Waals surface area contributed by atoms with E-state index in [0.29, 0.717) is 6.61 Å². The van der Waals surface area contributed by atoms with Crippen molar-refractivity contribution in [2.75, 3.05) is 20.5 Å². The van der Waals surface area contributed by atoms with Gasteiger partial charge in [0.2, 0.25) is 0 Å². The highest BCUT2D eigenvalue weighted by Crippen LogP contribution is 2.28. The van der Waals surface area contributed by atoms with Crippen LogP contribution in [0.25, 0.3) is 6.08 Å². The van der Waals surface area contributed by atoms with Crippen molar-refractivity contribution in [2.45, 2.75) is 24.3 Å². The first-order chi connectivity index (χ1) is 10.0. The number of hydrogen-bond acceptors (Lipinski definition) is 4. The van der Waals surface area contributed by atoms with Crippen LogP contribution in [0.2, 0.25) is 0 Å². The molecular weight excluding hydrogens is 336 g/mol. The van der Waals surface area contributed by atoms with Gasteiger partial charge in [-0.05, 0) is 19.4 Å². The normalized spacial score (nSPS) is 15.6. The van der Waals surface area contributed by atoms with Gasteiger partial charge in [-0.3, -0.25) is 4.79 Å². The van der Waals surface area contributed by atoms with Crippen molar-refractivity contribution in [2.24, 2.45) is 0 Å². The summed E-state index contributed by atoms with van der Waals surface area (Å²) in [5.74, 6) is -0.371. The Kier molecular flexibility index (Phi) is 7.64. The van der Waals surface area contributed by atoms with E-state index in [9.17, 15) is 4.79 Å². The molecule has 0 aliphatic carbocycles. The first-order valence-electron chi connectivity index (χ1n) is 6.72. The number of benzene rings is 1. The van der Waals surface area contributed by atoms with E-state index in [0.717, 1.165) is 5.56 Å². The van der Waals surface area contributed by atoms with Gasteiger partial charge in [0.05, 0.1) is 6.61 Å². The Labute approximate surface area is 134 Å². The predicted octanol–water partition coefficient (Wildman–Crippen LogP) is 3.41. The average molecular weight is 357 g/mol. The lowest BCUT2D eigenvalue weighted by atomic mass is 10.0. The molecule has 0 bridgehead atoms. The van der Waals surface area contributed by atoms with E-state index >= 15 is 0 Å². The first-order valence-corrected chi connectivity index (χ1v) is 7.51. The summed E-state index contributed by atoms with van der Waals surface area (Å²) in [5.41, 5.74) is 1.02. The summed E-state index contributed by atoms with van der Waals surface area (Å²) in [6.45, 7) is 3.90. The van der Waals surface area contributed by atoms with Gasteiger partial charge in [-0.15, -0.1) is 0 Å². The zero-order valence-corrected chi connectivity index (χ0v) is 14.1. The molecule has 116 valence electrons. The Morgan fingerprint density at radius 1 is 1.38 bits per heavy atom. The number of esters is 1. The molecule has 2 atom stereocenters. The maximum absolute atomic E-state index is 12.1. The van der Waals surface area contributed by atoms with Crippen molar-refractivity contribution >= 4 is 28.0 Å². The molecule has 5 heteroatoms. The molecule has 1 rings (SSSR count). The largest absolute Gasteiger partial charge is 0.465 e. The fourth-order valence-corrected chi connectivity index (χ4v) is 2.08. The van der Waals surface area contributed by atoms with Crippen LogP contribution in [0.5, 0.6) is 0 Å². The molecule has 0 N–H and O–H groups in total. The minimum absolute atomic E-state index is 0.0877. The molecule has 1 unspecified atom stereocenters. The van der Waals surface area contributed by atoms with Gasteiger partial charge in [0.15, 0.2) is 0 Å². The molecule has 0 amide bonds. The number of alkyl halides is 1. The number of hydrogen-bond donors (Lipinski definition) is 0. The third-order valence-electron chi connectivity index (χ3n) is 2.84. The van der Waals surface area contributed by atoms with Gasteiger partial charge >= 0.3 is 5.97 Å². The van der Waals surface area contributed by atoms with E-state index < -0.39 is 10.4 Å². The van der Waals surface area contributed by atoms with Crippen molar-refractivity contribution in [3.8, 4) is 0 Å². The van der Waals surface area contributed by atoms with Gasteiger partial charge in [0.1, 0.15) is 17.2 Å². The smallest absolute Gasteiger partial charge is 0.325 e. The number of rotatable bonds is 8. The molecule has 0 aliphatic rings. The maximum atomic E-state index is 12.1. The van der Waals surface area contributed by atoms with Crippen molar-refractivity contribution in [1.82, 2.24) is 0 Å². The summed E-state index contributed by atoms with van der Waals surface area (Å²) < 4.78 is 14.6. The number of carbonyl (C=O) groups excluding carboxylic acids is 1. The number of carbonyl (C=O) groups is 1. The second-order valence-corrected chi connectivity index (χ2v) is 6.21. The van der Waals surface area contributed by atoms with E-state index in [-0.39, 0.29) is 12.8 Å². The summed E-state index contributed by atoms with van der Waals surface area (Å²) in [4.78, 5) is 12.1.